The molecule has 2 aromatic carbocycles. The summed E-state index contributed by atoms with van der Waals surface area (Å²) < 4.78 is 26.9. The molecule has 31 heavy (non-hydrogen) atoms. The molecule has 6 nitrogen and oxygen atoms in total. The third-order valence-electron chi connectivity index (χ3n) is 5.95. The first-order valence-corrected chi connectivity index (χ1v) is 10.6. The van der Waals surface area contributed by atoms with E-state index in [1.807, 2.05) is 32.9 Å². The number of fused-ring (bicyclic) bond motifs is 1. The zero-order chi connectivity index (χ0) is 22.6. The number of anilines is 1. The van der Waals surface area contributed by atoms with Crippen LogP contribution in [0.2, 0.25) is 5.02 Å². The normalized spacial score (nSPS) is 23.2. The minimum atomic E-state index is -1.33. The summed E-state index contributed by atoms with van der Waals surface area (Å²) in [7, 11) is 0. The van der Waals surface area contributed by atoms with Crippen LogP contribution in [0.15, 0.2) is 36.4 Å². The molecule has 2 aromatic rings. The molecule has 0 saturated carbocycles. The number of carbonyl (C=O) groups is 1. The highest BCUT2D eigenvalue weighted by atomic mass is 35.5. The third-order valence-corrected chi connectivity index (χ3v) is 6.18. The monoisotopic (exact) mass is 448 g/mol. The van der Waals surface area contributed by atoms with Crippen LogP contribution < -0.4 is 14.4 Å². The predicted octanol–water partition coefficient (Wildman–Crippen LogP) is 5.34. The van der Waals surface area contributed by atoms with Gasteiger partial charge >= 0.3 is 6.09 Å². The summed E-state index contributed by atoms with van der Waals surface area (Å²) in [6.45, 7) is 9.19. The molecular weight excluding hydrogens is 423 g/mol. The van der Waals surface area contributed by atoms with Crippen LogP contribution >= 0.6 is 11.6 Å². The van der Waals surface area contributed by atoms with E-state index < -0.39 is 17.7 Å². The number of piperazine rings is 1. The average molecular weight is 449 g/mol. The molecule has 2 heterocycles. The number of para-hydroxylation sites is 1. The second-order valence-electron chi connectivity index (χ2n) is 9.18. The summed E-state index contributed by atoms with van der Waals surface area (Å²) in [5, 5.41) is 9.94. The fraction of sp³-hybridized carbons (Fsp3) is 0.435. The lowest BCUT2D eigenvalue weighted by atomic mass is 9.84. The summed E-state index contributed by atoms with van der Waals surface area (Å²) in [6.07, 6.45) is -0.914. The number of nitrogens with zero attached hydrogens (tertiary/aromatic N) is 2. The Morgan fingerprint density at radius 2 is 1.97 bits per heavy atom. The first kappa shape index (κ1) is 21.6. The molecule has 1 fully saturated rings. The lowest BCUT2D eigenvalue weighted by Crippen LogP contribution is -2.59. The average Bonchev–Trinajstić information content (AvgIpc) is 3.03. The van der Waals surface area contributed by atoms with Crippen molar-refractivity contribution in [2.45, 2.75) is 39.5 Å². The van der Waals surface area contributed by atoms with E-state index in [4.69, 9.17) is 21.1 Å². The summed E-state index contributed by atoms with van der Waals surface area (Å²) in [5.74, 6) is -0.801. The van der Waals surface area contributed by atoms with Crippen molar-refractivity contribution in [2.75, 3.05) is 24.5 Å². The van der Waals surface area contributed by atoms with Gasteiger partial charge in [0.1, 0.15) is 5.82 Å². The minimum Gasteiger partial charge on any atom is -0.465 e. The molecule has 0 radical (unpaired) electrons. The van der Waals surface area contributed by atoms with Crippen molar-refractivity contribution < 1.29 is 23.8 Å². The molecule has 4 rings (SSSR count). The molecule has 2 aliphatic heterocycles. The van der Waals surface area contributed by atoms with Crippen LogP contribution in [0.5, 0.6) is 11.5 Å². The van der Waals surface area contributed by atoms with Crippen LogP contribution in [-0.4, -0.2) is 41.8 Å². The largest absolute Gasteiger partial charge is 0.465 e. The van der Waals surface area contributed by atoms with Crippen LogP contribution in [0, 0.1) is 11.2 Å². The molecule has 1 saturated heterocycles. The summed E-state index contributed by atoms with van der Waals surface area (Å²) in [6, 6.07) is 9.76. The van der Waals surface area contributed by atoms with E-state index in [1.54, 1.807) is 25.1 Å². The maximum atomic E-state index is 14.6. The highest BCUT2D eigenvalue weighted by Gasteiger charge is 2.44. The van der Waals surface area contributed by atoms with E-state index in [-0.39, 0.29) is 17.0 Å². The van der Waals surface area contributed by atoms with Gasteiger partial charge in [0.25, 0.3) is 5.79 Å². The molecule has 1 N–H and O–H groups in total. The minimum absolute atomic E-state index is 0.197. The van der Waals surface area contributed by atoms with Gasteiger partial charge in [-0.2, -0.15) is 0 Å². The number of halogens is 2. The van der Waals surface area contributed by atoms with Gasteiger partial charge in [-0.15, -0.1) is 0 Å². The number of hydrogen-bond acceptors (Lipinski definition) is 4. The van der Waals surface area contributed by atoms with E-state index in [9.17, 15) is 14.3 Å². The molecule has 2 unspecified atom stereocenters. The lowest BCUT2D eigenvalue weighted by molar-refractivity contribution is -0.0705. The second-order valence-corrected chi connectivity index (χ2v) is 9.62. The summed E-state index contributed by atoms with van der Waals surface area (Å²) >= 11 is 5.90. The second kappa shape index (κ2) is 7.48. The SMILES string of the molecule is CC1(c2ccc(Cl)cc2F)Oc2cccc(N3CCN(C(=O)O)C(C(C)(C)C)C3)c2O1. The van der Waals surface area contributed by atoms with Crippen LogP contribution in [0.3, 0.4) is 0 Å². The molecule has 2 atom stereocenters. The molecule has 1 amide bonds. The number of benzene rings is 2. The lowest BCUT2D eigenvalue weighted by Gasteiger charge is -2.46. The summed E-state index contributed by atoms with van der Waals surface area (Å²) in [4.78, 5) is 15.4. The zero-order valence-electron chi connectivity index (χ0n) is 18.0. The van der Waals surface area contributed by atoms with Crippen LogP contribution in [0.4, 0.5) is 14.9 Å². The molecule has 2 aliphatic rings. The Bertz CT molecular complexity index is 1030. The van der Waals surface area contributed by atoms with Crippen molar-refractivity contribution in [1.82, 2.24) is 4.90 Å². The number of carboxylic acid groups (broad SMARTS) is 1. The van der Waals surface area contributed by atoms with Crippen LogP contribution in [0.1, 0.15) is 33.3 Å². The Balaban J connectivity index is 1.66. The number of ether oxygens (including phenoxy) is 2. The van der Waals surface area contributed by atoms with Gasteiger partial charge in [-0.05, 0) is 35.7 Å². The fourth-order valence-corrected chi connectivity index (χ4v) is 4.46. The van der Waals surface area contributed by atoms with Gasteiger partial charge in [-0.25, -0.2) is 9.18 Å². The van der Waals surface area contributed by atoms with Gasteiger partial charge in [0, 0.05) is 31.6 Å². The number of hydrogen-bond donors (Lipinski definition) is 1. The van der Waals surface area contributed by atoms with E-state index in [0.29, 0.717) is 36.2 Å². The Morgan fingerprint density at radius 1 is 1.23 bits per heavy atom. The smallest absolute Gasteiger partial charge is 0.407 e. The van der Waals surface area contributed by atoms with E-state index in [0.717, 1.165) is 5.69 Å². The number of rotatable bonds is 2. The Morgan fingerprint density at radius 3 is 2.61 bits per heavy atom. The zero-order valence-corrected chi connectivity index (χ0v) is 18.7. The summed E-state index contributed by atoms with van der Waals surface area (Å²) in [5.41, 5.74) is 0.810. The molecule has 0 aromatic heterocycles. The molecule has 0 spiro atoms. The Kier molecular flexibility index (Phi) is 5.20. The van der Waals surface area contributed by atoms with Crippen molar-refractivity contribution >= 4 is 23.4 Å². The van der Waals surface area contributed by atoms with Gasteiger partial charge in [-0.1, -0.05) is 38.4 Å². The van der Waals surface area contributed by atoms with Gasteiger partial charge in [0.05, 0.1) is 17.3 Å². The molecule has 0 bridgehead atoms. The maximum absolute atomic E-state index is 14.6. The predicted molar refractivity (Wildman–Crippen MR) is 117 cm³/mol. The van der Waals surface area contributed by atoms with Crippen molar-refractivity contribution in [1.29, 1.82) is 0 Å². The van der Waals surface area contributed by atoms with Crippen LogP contribution in [-0.2, 0) is 5.79 Å². The van der Waals surface area contributed by atoms with Crippen molar-refractivity contribution in [2.24, 2.45) is 5.41 Å². The van der Waals surface area contributed by atoms with Crippen molar-refractivity contribution in [3.8, 4) is 11.5 Å². The van der Waals surface area contributed by atoms with E-state index in [2.05, 4.69) is 4.90 Å². The highest BCUT2D eigenvalue weighted by molar-refractivity contribution is 6.30. The standard InChI is InChI=1S/C23H26ClFN2O4/c1-22(2,3)19-13-26(10-11-27(19)21(28)29)17-6-5-7-18-20(17)31-23(4,30-18)15-9-8-14(24)12-16(15)25/h5-9,12,19H,10-11,13H2,1-4H3,(H,28,29). The topological polar surface area (TPSA) is 62.2 Å². The molecule has 8 heteroatoms. The van der Waals surface area contributed by atoms with Gasteiger partial charge in [0.2, 0.25) is 0 Å². The van der Waals surface area contributed by atoms with Gasteiger partial charge in [-0.3, -0.25) is 0 Å². The van der Waals surface area contributed by atoms with Crippen molar-refractivity contribution in [3.05, 3.63) is 52.8 Å². The van der Waals surface area contributed by atoms with Crippen molar-refractivity contribution in [3.63, 3.8) is 0 Å². The molecule has 166 valence electrons. The number of amides is 1. The van der Waals surface area contributed by atoms with Crippen LogP contribution in [0.25, 0.3) is 0 Å². The highest BCUT2D eigenvalue weighted by Crippen LogP contribution is 2.50. The van der Waals surface area contributed by atoms with E-state index in [1.165, 1.54) is 11.0 Å². The Labute approximate surface area is 186 Å². The quantitative estimate of drug-likeness (QED) is 0.672. The first-order chi connectivity index (χ1) is 14.5. The van der Waals surface area contributed by atoms with E-state index >= 15 is 0 Å². The Hall–Kier alpha value is -2.67. The molecule has 0 aliphatic carbocycles. The molecular formula is C23H26ClFN2O4. The maximum Gasteiger partial charge on any atom is 0.407 e. The van der Waals surface area contributed by atoms with Gasteiger partial charge < -0.3 is 24.4 Å². The third kappa shape index (κ3) is 3.87. The first-order valence-electron chi connectivity index (χ1n) is 10.2. The van der Waals surface area contributed by atoms with Gasteiger partial charge in [0.15, 0.2) is 11.5 Å². The fourth-order valence-electron chi connectivity index (χ4n) is 4.30.